The van der Waals surface area contributed by atoms with Crippen LogP contribution in [0.3, 0.4) is 0 Å². The van der Waals surface area contributed by atoms with Gasteiger partial charge in [0.1, 0.15) is 6.04 Å². The number of fused-ring (bicyclic) bond motifs is 1. The number of hydrogen-bond donors (Lipinski definition) is 3. The number of amides is 2. The van der Waals surface area contributed by atoms with Crippen molar-refractivity contribution in [2.45, 2.75) is 25.3 Å². The molecule has 2 aromatic rings. The molecule has 8 nitrogen and oxygen atoms in total. The summed E-state index contributed by atoms with van der Waals surface area (Å²) in [5, 5.41) is 21.0. The van der Waals surface area contributed by atoms with Crippen LogP contribution in [0.15, 0.2) is 30.5 Å². The molecule has 0 bridgehead atoms. The smallest absolute Gasteiger partial charge is 0.303 e. The van der Waals surface area contributed by atoms with Crippen LogP contribution >= 0.6 is 0 Å². The number of benzene rings is 1. The van der Waals surface area contributed by atoms with Gasteiger partial charge in [0.2, 0.25) is 5.91 Å². The lowest BCUT2D eigenvalue weighted by Crippen LogP contribution is -2.47. The van der Waals surface area contributed by atoms with Gasteiger partial charge in [-0.15, -0.1) is 0 Å². The number of carboxylic acid groups (broad SMARTS) is 1. The highest BCUT2D eigenvalue weighted by Gasteiger charge is 2.25. The van der Waals surface area contributed by atoms with E-state index in [1.54, 1.807) is 12.4 Å². The topological polar surface area (TPSA) is 126 Å². The number of nitrogens with one attached hydrogen (secondary N) is 2. The average molecular weight is 342 g/mol. The maximum atomic E-state index is 12.4. The van der Waals surface area contributed by atoms with E-state index < -0.39 is 23.8 Å². The van der Waals surface area contributed by atoms with Crippen molar-refractivity contribution >= 4 is 28.7 Å². The fraction of sp³-hybridized carbons (Fsp3) is 0.294. The highest BCUT2D eigenvalue weighted by molar-refractivity contribution is 5.90. The molecule has 0 spiro atoms. The number of aromatic nitrogens is 1. The molecule has 1 heterocycles. The Labute approximate surface area is 144 Å². The number of nitriles is 1. The Balaban J connectivity index is 2.19. The van der Waals surface area contributed by atoms with E-state index in [0.29, 0.717) is 0 Å². The molecule has 25 heavy (non-hydrogen) atoms. The number of carbonyl (C=O) groups is 3. The molecule has 0 fully saturated rings. The molecule has 0 saturated heterocycles. The van der Waals surface area contributed by atoms with Gasteiger partial charge in [-0.3, -0.25) is 19.3 Å². The van der Waals surface area contributed by atoms with Gasteiger partial charge in [-0.05, 0) is 11.6 Å². The number of carboxylic acids is 1. The fourth-order valence-corrected chi connectivity index (χ4v) is 2.49. The third kappa shape index (κ3) is 4.57. The Bertz CT molecular complexity index is 837. The molecule has 1 aromatic heterocycles. The summed E-state index contributed by atoms with van der Waals surface area (Å²) in [7, 11) is 1.31. The summed E-state index contributed by atoms with van der Waals surface area (Å²) in [5.74, 6) is -2.20. The van der Waals surface area contributed by atoms with Gasteiger partial charge in [0.25, 0.3) is 5.91 Å². The molecular weight excluding hydrogens is 324 g/mol. The summed E-state index contributed by atoms with van der Waals surface area (Å²) < 4.78 is 0. The molecule has 0 saturated carbocycles. The summed E-state index contributed by atoms with van der Waals surface area (Å²) in [6, 6.07) is 6.57. The fourth-order valence-electron chi connectivity index (χ4n) is 2.49. The van der Waals surface area contributed by atoms with E-state index in [9.17, 15) is 14.4 Å². The van der Waals surface area contributed by atoms with E-state index in [4.69, 9.17) is 10.4 Å². The van der Waals surface area contributed by atoms with Crippen molar-refractivity contribution in [1.29, 1.82) is 5.26 Å². The number of H-pyrrole nitrogens is 1. The molecule has 1 atom stereocenters. The van der Waals surface area contributed by atoms with Gasteiger partial charge >= 0.3 is 5.97 Å². The number of aromatic amines is 1. The molecule has 0 aliphatic heterocycles. The second kappa shape index (κ2) is 7.97. The average Bonchev–Trinajstić information content (AvgIpc) is 3.01. The lowest BCUT2D eigenvalue weighted by molar-refractivity contribution is -0.139. The van der Waals surface area contributed by atoms with Crippen LogP contribution in [0, 0.1) is 11.5 Å². The zero-order chi connectivity index (χ0) is 18.4. The number of carbonyl (C=O) groups excluding carboxylic acids is 2. The number of aliphatic carboxylic acids is 1. The van der Waals surface area contributed by atoms with Crippen LogP contribution in [-0.2, 0) is 20.8 Å². The SMILES string of the molecule is CN(C#N)C(=O)C(Cc1c[nH]c2ccccc12)NC(=O)CCC(=O)O. The van der Waals surface area contributed by atoms with Crippen molar-refractivity contribution in [2.75, 3.05) is 7.05 Å². The van der Waals surface area contributed by atoms with E-state index in [1.807, 2.05) is 24.3 Å². The maximum Gasteiger partial charge on any atom is 0.303 e. The van der Waals surface area contributed by atoms with E-state index in [2.05, 4.69) is 10.3 Å². The Morgan fingerprint density at radius 1 is 1.32 bits per heavy atom. The molecule has 3 N–H and O–H groups in total. The van der Waals surface area contributed by atoms with E-state index in [0.717, 1.165) is 21.4 Å². The lowest BCUT2D eigenvalue weighted by atomic mass is 10.0. The summed E-state index contributed by atoms with van der Waals surface area (Å²) in [6.45, 7) is 0. The molecule has 8 heteroatoms. The molecule has 0 aliphatic carbocycles. The molecule has 2 amide bonds. The molecular formula is C17H18N4O4. The van der Waals surface area contributed by atoms with E-state index in [-0.39, 0.29) is 19.3 Å². The Kier molecular flexibility index (Phi) is 5.74. The normalized spacial score (nSPS) is 11.5. The van der Waals surface area contributed by atoms with Crippen LogP contribution < -0.4 is 5.32 Å². The number of nitrogens with zero attached hydrogens (tertiary/aromatic N) is 2. The minimum absolute atomic E-state index is 0.188. The van der Waals surface area contributed by atoms with Gasteiger partial charge < -0.3 is 15.4 Å². The van der Waals surface area contributed by atoms with Crippen LogP contribution in [0.25, 0.3) is 10.9 Å². The third-order valence-electron chi connectivity index (χ3n) is 3.78. The number of rotatable bonds is 7. The molecule has 2 rings (SSSR count). The monoisotopic (exact) mass is 342 g/mol. The predicted molar refractivity (Wildman–Crippen MR) is 89.2 cm³/mol. The van der Waals surface area contributed by atoms with E-state index in [1.165, 1.54) is 7.05 Å². The van der Waals surface area contributed by atoms with Crippen molar-refractivity contribution in [1.82, 2.24) is 15.2 Å². The molecule has 130 valence electrons. The van der Waals surface area contributed by atoms with Crippen molar-refractivity contribution < 1.29 is 19.5 Å². The summed E-state index contributed by atoms with van der Waals surface area (Å²) in [5.41, 5.74) is 1.72. The minimum atomic E-state index is -1.09. The predicted octanol–water partition coefficient (Wildman–Crippen LogP) is 0.999. The van der Waals surface area contributed by atoms with Crippen LogP contribution in [-0.4, -0.2) is 45.9 Å². The molecule has 0 radical (unpaired) electrons. The Hall–Kier alpha value is -3.34. The van der Waals surface area contributed by atoms with Crippen molar-refractivity contribution in [2.24, 2.45) is 0 Å². The highest BCUT2D eigenvalue weighted by Crippen LogP contribution is 2.19. The van der Waals surface area contributed by atoms with Gasteiger partial charge in [-0.1, -0.05) is 18.2 Å². The summed E-state index contributed by atoms with van der Waals surface area (Å²) >= 11 is 0. The minimum Gasteiger partial charge on any atom is -0.481 e. The zero-order valence-corrected chi connectivity index (χ0v) is 13.7. The largest absolute Gasteiger partial charge is 0.481 e. The third-order valence-corrected chi connectivity index (χ3v) is 3.78. The van der Waals surface area contributed by atoms with Gasteiger partial charge in [-0.2, -0.15) is 5.26 Å². The highest BCUT2D eigenvalue weighted by atomic mass is 16.4. The first-order valence-electron chi connectivity index (χ1n) is 7.65. The standard InChI is InChI=1S/C17H18N4O4/c1-21(10-18)17(25)14(20-15(22)6-7-16(23)24)8-11-9-19-13-5-3-2-4-12(11)13/h2-5,9,14,19H,6-8H2,1H3,(H,20,22)(H,23,24). The maximum absolute atomic E-state index is 12.4. The first-order chi connectivity index (χ1) is 11.9. The second-order valence-electron chi connectivity index (χ2n) is 5.57. The zero-order valence-electron chi connectivity index (χ0n) is 13.7. The van der Waals surface area contributed by atoms with Crippen LogP contribution in [0.1, 0.15) is 18.4 Å². The van der Waals surface area contributed by atoms with Crippen molar-refractivity contribution in [3.05, 3.63) is 36.0 Å². The number of para-hydroxylation sites is 1. The van der Waals surface area contributed by atoms with Gasteiger partial charge in [-0.25, -0.2) is 0 Å². The van der Waals surface area contributed by atoms with Gasteiger partial charge in [0.05, 0.1) is 6.42 Å². The molecule has 1 aromatic carbocycles. The van der Waals surface area contributed by atoms with Gasteiger partial charge in [0, 0.05) is 37.0 Å². The quantitative estimate of drug-likeness (QED) is 0.511. The molecule has 0 aliphatic rings. The number of hydrogen-bond acceptors (Lipinski definition) is 4. The summed E-state index contributed by atoms with van der Waals surface area (Å²) in [4.78, 5) is 38.8. The Morgan fingerprint density at radius 2 is 2.04 bits per heavy atom. The summed E-state index contributed by atoms with van der Waals surface area (Å²) in [6.07, 6.45) is 3.10. The Morgan fingerprint density at radius 3 is 2.72 bits per heavy atom. The van der Waals surface area contributed by atoms with Gasteiger partial charge in [0.15, 0.2) is 6.19 Å². The molecule has 1 unspecified atom stereocenters. The lowest BCUT2D eigenvalue weighted by Gasteiger charge is -2.20. The van der Waals surface area contributed by atoms with Crippen LogP contribution in [0.2, 0.25) is 0 Å². The first kappa shape index (κ1) is 18.0. The number of likely N-dealkylation sites (N-methyl/N-ethyl adjacent to an activating group) is 1. The van der Waals surface area contributed by atoms with E-state index >= 15 is 0 Å². The first-order valence-corrected chi connectivity index (χ1v) is 7.65. The van der Waals surface area contributed by atoms with Crippen molar-refractivity contribution in [3.63, 3.8) is 0 Å². The van der Waals surface area contributed by atoms with Crippen LogP contribution in [0.5, 0.6) is 0 Å². The second-order valence-corrected chi connectivity index (χ2v) is 5.57. The van der Waals surface area contributed by atoms with Crippen molar-refractivity contribution in [3.8, 4) is 6.19 Å². The van der Waals surface area contributed by atoms with Crippen LogP contribution in [0.4, 0.5) is 0 Å².